The van der Waals surface area contributed by atoms with Gasteiger partial charge in [-0.05, 0) is 62.5 Å². The van der Waals surface area contributed by atoms with Gasteiger partial charge in [-0.25, -0.2) is 13.1 Å². The van der Waals surface area contributed by atoms with Crippen LogP contribution in [0.15, 0.2) is 29.2 Å². The van der Waals surface area contributed by atoms with Crippen LogP contribution in [0.1, 0.15) is 29.6 Å². The molecule has 2 fully saturated rings. The number of carbonyl (C=O) groups excluding carboxylic acids is 1. The first-order valence-electron chi connectivity index (χ1n) is 9.24. The zero-order valence-electron chi connectivity index (χ0n) is 14.9. The van der Waals surface area contributed by atoms with Gasteiger partial charge >= 0.3 is 0 Å². The molecule has 2 heterocycles. The average molecular weight is 381 g/mol. The Kier molecular flexibility index (Phi) is 6.63. The second-order valence-corrected chi connectivity index (χ2v) is 8.59. The summed E-state index contributed by atoms with van der Waals surface area (Å²) in [5.41, 5.74) is 0.499. The fraction of sp³-hybridized carbons (Fsp3) is 0.611. The highest BCUT2D eigenvalue weighted by Crippen LogP contribution is 2.15. The summed E-state index contributed by atoms with van der Waals surface area (Å²) >= 11 is 0. The van der Waals surface area contributed by atoms with Gasteiger partial charge in [-0.3, -0.25) is 4.79 Å². The van der Waals surface area contributed by atoms with E-state index in [0.717, 1.165) is 32.4 Å². The Morgan fingerprint density at radius 1 is 1.23 bits per heavy atom. The minimum atomic E-state index is -3.54. The van der Waals surface area contributed by atoms with E-state index in [-0.39, 0.29) is 10.8 Å². The molecule has 0 spiro atoms. The van der Waals surface area contributed by atoms with E-state index in [4.69, 9.17) is 4.74 Å². The lowest BCUT2D eigenvalue weighted by molar-refractivity contribution is 0.0303. The van der Waals surface area contributed by atoms with Gasteiger partial charge < -0.3 is 15.0 Å². The number of rotatable bonds is 6. The Morgan fingerprint density at radius 3 is 2.62 bits per heavy atom. The number of piperidine rings is 1. The molecule has 144 valence electrons. The SMILES string of the molecule is O=C(c1ccc(S(=O)(=O)NCCC2CCCNC2)cc1)N1CCOCC1. The molecule has 2 aliphatic rings. The topological polar surface area (TPSA) is 87.7 Å². The lowest BCUT2D eigenvalue weighted by Crippen LogP contribution is -2.40. The second kappa shape index (κ2) is 8.94. The normalized spacial score (nSPS) is 21.5. The van der Waals surface area contributed by atoms with Gasteiger partial charge in [0.1, 0.15) is 0 Å². The zero-order valence-corrected chi connectivity index (χ0v) is 15.8. The standard InChI is InChI=1S/C18H27N3O4S/c22-18(21-10-12-25-13-11-21)16-3-5-17(6-4-16)26(23,24)20-9-7-15-2-1-8-19-14-15/h3-6,15,19-20H,1-2,7-14H2. The minimum absolute atomic E-state index is 0.0880. The molecule has 2 N–H and O–H groups in total. The summed E-state index contributed by atoms with van der Waals surface area (Å²) in [5.74, 6) is 0.440. The number of sulfonamides is 1. The summed E-state index contributed by atoms with van der Waals surface area (Å²) < 4.78 is 32.7. The third kappa shape index (κ3) is 5.03. The van der Waals surface area contributed by atoms with E-state index in [2.05, 4.69) is 10.0 Å². The van der Waals surface area contributed by atoms with Crippen molar-refractivity contribution in [2.24, 2.45) is 5.92 Å². The number of hydrogen-bond acceptors (Lipinski definition) is 5. The predicted molar refractivity (Wildman–Crippen MR) is 98.6 cm³/mol. The van der Waals surface area contributed by atoms with Gasteiger partial charge in [-0.2, -0.15) is 0 Å². The lowest BCUT2D eigenvalue weighted by atomic mass is 9.96. The van der Waals surface area contributed by atoms with Gasteiger partial charge in [0.15, 0.2) is 0 Å². The molecule has 0 aliphatic carbocycles. The summed E-state index contributed by atoms with van der Waals surface area (Å²) in [6.45, 7) is 4.66. The first-order valence-corrected chi connectivity index (χ1v) is 10.7. The average Bonchev–Trinajstić information content (AvgIpc) is 2.69. The van der Waals surface area contributed by atoms with Crippen molar-refractivity contribution in [2.45, 2.75) is 24.2 Å². The van der Waals surface area contributed by atoms with Crippen molar-refractivity contribution in [2.75, 3.05) is 45.9 Å². The molecule has 0 aromatic heterocycles. The van der Waals surface area contributed by atoms with E-state index >= 15 is 0 Å². The molecule has 1 atom stereocenters. The number of amides is 1. The van der Waals surface area contributed by atoms with Gasteiger partial charge in [0.05, 0.1) is 18.1 Å². The molecule has 1 unspecified atom stereocenters. The molecule has 1 amide bonds. The predicted octanol–water partition coefficient (Wildman–Crippen LogP) is 0.827. The number of nitrogens with one attached hydrogen (secondary N) is 2. The van der Waals surface area contributed by atoms with Crippen LogP contribution >= 0.6 is 0 Å². The first kappa shape index (κ1) is 19.3. The molecule has 7 nitrogen and oxygen atoms in total. The third-order valence-corrected chi connectivity index (χ3v) is 6.43. The molecule has 0 radical (unpaired) electrons. The Balaban J connectivity index is 1.55. The summed E-state index contributed by atoms with van der Waals surface area (Å²) in [7, 11) is -3.54. The van der Waals surface area contributed by atoms with Crippen molar-refractivity contribution >= 4 is 15.9 Å². The van der Waals surface area contributed by atoms with Crippen LogP contribution in [0.25, 0.3) is 0 Å². The van der Waals surface area contributed by atoms with Crippen LogP contribution in [-0.2, 0) is 14.8 Å². The second-order valence-electron chi connectivity index (χ2n) is 6.83. The molecule has 0 saturated carbocycles. The Bertz CT molecular complexity index is 694. The van der Waals surface area contributed by atoms with Gasteiger partial charge in [-0.1, -0.05) is 0 Å². The molecular formula is C18H27N3O4S. The van der Waals surface area contributed by atoms with Crippen LogP contribution in [0.5, 0.6) is 0 Å². The number of ether oxygens (including phenoxy) is 1. The van der Waals surface area contributed by atoms with Crippen LogP contribution in [0.3, 0.4) is 0 Å². The highest BCUT2D eigenvalue weighted by molar-refractivity contribution is 7.89. The van der Waals surface area contributed by atoms with Gasteiger partial charge in [0.2, 0.25) is 10.0 Å². The lowest BCUT2D eigenvalue weighted by Gasteiger charge is -2.26. The Morgan fingerprint density at radius 2 is 1.96 bits per heavy atom. The smallest absolute Gasteiger partial charge is 0.254 e. The van der Waals surface area contributed by atoms with Gasteiger partial charge in [0.25, 0.3) is 5.91 Å². The molecule has 1 aromatic rings. The van der Waals surface area contributed by atoms with Crippen LogP contribution in [0.2, 0.25) is 0 Å². The van der Waals surface area contributed by atoms with Crippen molar-refractivity contribution in [3.63, 3.8) is 0 Å². The maximum atomic E-state index is 12.4. The Labute approximate surface area is 155 Å². The van der Waals surface area contributed by atoms with E-state index < -0.39 is 10.0 Å². The minimum Gasteiger partial charge on any atom is -0.378 e. The van der Waals surface area contributed by atoms with Crippen LogP contribution < -0.4 is 10.0 Å². The molecule has 26 heavy (non-hydrogen) atoms. The van der Waals surface area contributed by atoms with E-state index in [9.17, 15) is 13.2 Å². The van der Waals surface area contributed by atoms with Crippen molar-refractivity contribution in [3.05, 3.63) is 29.8 Å². The fourth-order valence-corrected chi connectivity index (χ4v) is 4.42. The van der Waals surface area contributed by atoms with Crippen molar-refractivity contribution in [1.29, 1.82) is 0 Å². The number of hydrogen-bond donors (Lipinski definition) is 2. The number of nitrogens with zero attached hydrogens (tertiary/aromatic N) is 1. The molecular weight excluding hydrogens is 354 g/mol. The van der Waals surface area contributed by atoms with Gasteiger partial charge in [-0.15, -0.1) is 0 Å². The maximum absolute atomic E-state index is 12.4. The highest BCUT2D eigenvalue weighted by Gasteiger charge is 2.20. The van der Waals surface area contributed by atoms with Crippen molar-refractivity contribution in [3.8, 4) is 0 Å². The highest BCUT2D eigenvalue weighted by atomic mass is 32.2. The molecule has 8 heteroatoms. The van der Waals surface area contributed by atoms with E-state index in [1.807, 2.05) is 0 Å². The first-order chi connectivity index (χ1) is 12.6. The van der Waals surface area contributed by atoms with Gasteiger partial charge in [0, 0.05) is 25.2 Å². The number of morpholine rings is 1. The van der Waals surface area contributed by atoms with Crippen LogP contribution in [0.4, 0.5) is 0 Å². The molecule has 1 aromatic carbocycles. The molecule has 3 rings (SSSR count). The quantitative estimate of drug-likeness (QED) is 0.762. The summed E-state index contributed by atoms with van der Waals surface area (Å²) in [4.78, 5) is 14.3. The Hall–Kier alpha value is -1.48. The number of carbonyl (C=O) groups is 1. The summed E-state index contributed by atoms with van der Waals surface area (Å²) in [5, 5.41) is 3.34. The van der Waals surface area contributed by atoms with Crippen LogP contribution in [0, 0.1) is 5.92 Å². The third-order valence-electron chi connectivity index (χ3n) is 4.95. The monoisotopic (exact) mass is 381 g/mol. The van der Waals surface area contributed by atoms with Crippen molar-refractivity contribution in [1.82, 2.24) is 14.9 Å². The van der Waals surface area contributed by atoms with E-state index in [1.165, 1.54) is 12.1 Å². The molecule has 0 bridgehead atoms. The van der Waals surface area contributed by atoms with Crippen molar-refractivity contribution < 1.29 is 17.9 Å². The van der Waals surface area contributed by atoms with E-state index in [0.29, 0.717) is 44.3 Å². The summed E-state index contributed by atoms with van der Waals surface area (Å²) in [6.07, 6.45) is 3.13. The number of benzene rings is 1. The fourth-order valence-electron chi connectivity index (χ4n) is 3.38. The molecule has 2 saturated heterocycles. The molecule has 2 aliphatic heterocycles. The summed E-state index contributed by atoms with van der Waals surface area (Å²) in [6, 6.07) is 6.16. The zero-order chi connectivity index (χ0) is 18.4. The van der Waals surface area contributed by atoms with E-state index in [1.54, 1.807) is 17.0 Å². The maximum Gasteiger partial charge on any atom is 0.254 e. The largest absolute Gasteiger partial charge is 0.378 e. The van der Waals surface area contributed by atoms with Crippen LogP contribution in [-0.4, -0.2) is 65.2 Å².